The maximum absolute atomic E-state index is 13.0. The Morgan fingerprint density at radius 3 is 2.31 bits per heavy atom. The smallest absolute Gasteiger partial charge is 0.437 e. The van der Waals surface area contributed by atoms with Crippen LogP contribution in [0, 0.1) is 11.3 Å². The van der Waals surface area contributed by atoms with Crippen molar-refractivity contribution in [1.82, 2.24) is 4.98 Å². The average molecular weight is 385 g/mol. The van der Waals surface area contributed by atoms with Crippen molar-refractivity contribution >= 4 is 17.6 Å². The van der Waals surface area contributed by atoms with Gasteiger partial charge >= 0.3 is 23.9 Å². The fourth-order valence-corrected chi connectivity index (χ4v) is 1.63. The Morgan fingerprint density at radius 1 is 1.31 bits per heavy atom. The number of esters is 1. The Bertz CT molecular complexity index is 756. The van der Waals surface area contributed by atoms with Crippen molar-refractivity contribution in [3.8, 4) is 6.07 Å². The number of hydrogen-bond acceptors (Lipinski definition) is 6. The quantitative estimate of drug-likeness (QED) is 0.464. The van der Waals surface area contributed by atoms with Crippen molar-refractivity contribution < 1.29 is 45.8 Å². The van der Waals surface area contributed by atoms with E-state index < -0.39 is 53.4 Å². The Kier molecular flexibility index (Phi) is 5.83. The summed E-state index contributed by atoms with van der Waals surface area (Å²) in [5.74, 6) is -4.76. The van der Waals surface area contributed by atoms with Crippen LogP contribution in [0.15, 0.2) is 12.3 Å². The molecule has 13 heteroatoms. The SMILES string of the molecule is CCOC(=O)C(O)(C(=O)Nc1cnc(C#N)c(C(F)(F)F)c1)C(F)(F)F. The van der Waals surface area contributed by atoms with Gasteiger partial charge in [-0.15, -0.1) is 0 Å². The number of nitriles is 1. The van der Waals surface area contributed by atoms with Crippen LogP contribution in [0.25, 0.3) is 0 Å². The summed E-state index contributed by atoms with van der Waals surface area (Å²) in [5, 5.41) is 19.4. The van der Waals surface area contributed by atoms with Gasteiger partial charge in [0.1, 0.15) is 6.07 Å². The molecule has 0 aliphatic rings. The van der Waals surface area contributed by atoms with E-state index in [2.05, 4.69) is 9.72 Å². The number of ether oxygens (including phenoxy) is 1. The lowest BCUT2D eigenvalue weighted by Gasteiger charge is -2.26. The van der Waals surface area contributed by atoms with E-state index in [1.54, 1.807) is 0 Å². The Hall–Kier alpha value is -2.88. The van der Waals surface area contributed by atoms with Crippen LogP contribution in [-0.2, 0) is 20.5 Å². The molecule has 1 atom stereocenters. The average Bonchev–Trinajstić information content (AvgIpc) is 2.52. The highest BCUT2D eigenvalue weighted by Gasteiger charge is 2.66. The summed E-state index contributed by atoms with van der Waals surface area (Å²) < 4.78 is 81.3. The number of rotatable bonds is 4. The van der Waals surface area contributed by atoms with E-state index in [9.17, 15) is 41.0 Å². The first kappa shape index (κ1) is 21.2. The van der Waals surface area contributed by atoms with Crippen molar-refractivity contribution in [2.24, 2.45) is 0 Å². The number of nitrogens with zero attached hydrogens (tertiary/aromatic N) is 2. The number of amides is 1. The molecule has 0 saturated carbocycles. The Balaban J connectivity index is 3.31. The first-order valence-electron chi connectivity index (χ1n) is 6.54. The number of carbonyl (C=O) groups is 2. The van der Waals surface area contributed by atoms with Gasteiger partial charge in [0.2, 0.25) is 0 Å². The number of carbonyl (C=O) groups excluding carboxylic acids is 2. The van der Waals surface area contributed by atoms with E-state index in [4.69, 9.17) is 5.26 Å². The molecule has 1 heterocycles. The number of alkyl halides is 6. The van der Waals surface area contributed by atoms with Crippen molar-refractivity contribution in [2.75, 3.05) is 11.9 Å². The highest BCUT2D eigenvalue weighted by atomic mass is 19.4. The number of halogens is 6. The standard InChI is InChI=1S/C13H9F6N3O4/c1-2-26-10(24)11(25,13(17,18)19)9(23)22-6-3-7(12(14,15)16)8(4-20)21-5-6/h3,5,25H,2H2,1H3,(H,22,23). The zero-order valence-corrected chi connectivity index (χ0v) is 12.7. The lowest BCUT2D eigenvalue weighted by molar-refractivity contribution is -0.252. The lowest BCUT2D eigenvalue weighted by Crippen LogP contribution is -2.61. The molecule has 142 valence electrons. The number of pyridine rings is 1. The molecule has 1 unspecified atom stereocenters. The number of hydrogen-bond donors (Lipinski definition) is 2. The van der Waals surface area contributed by atoms with E-state index in [0.717, 1.165) is 13.0 Å². The minimum absolute atomic E-state index is 0.130. The van der Waals surface area contributed by atoms with E-state index in [-0.39, 0.29) is 6.07 Å². The van der Waals surface area contributed by atoms with Crippen LogP contribution in [0.3, 0.4) is 0 Å². The van der Waals surface area contributed by atoms with E-state index in [1.165, 1.54) is 5.32 Å². The van der Waals surface area contributed by atoms with Gasteiger partial charge in [0.05, 0.1) is 24.1 Å². The number of aliphatic hydroxyl groups is 1. The molecule has 0 saturated heterocycles. The molecular weight excluding hydrogens is 376 g/mol. The molecule has 1 aromatic rings. The zero-order valence-electron chi connectivity index (χ0n) is 12.7. The molecule has 0 fully saturated rings. The highest BCUT2D eigenvalue weighted by molar-refractivity contribution is 6.12. The molecular formula is C13H9F6N3O4. The normalized spacial score (nSPS) is 14.1. The molecule has 0 aromatic carbocycles. The number of aromatic nitrogens is 1. The second kappa shape index (κ2) is 7.16. The van der Waals surface area contributed by atoms with Crippen LogP contribution >= 0.6 is 0 Å². The molecule has 7 nitrogen and oxygen atoms in total. The van der Waals surface area contributed by atoms with Gasteiger partial charge < -0.3 is 15.2 Å². The van der Waals surface area contributed by atoms with Gasteiger partial charge in [-0.05, 0) is 13.0 Å². The summed E-state index contributed by atoms with van der Waals surface area (Å²) in [4.78, 5) is 26.2. The molecule has 0 aliphatic carbocycles. The summed E-state index contributed by atoms with van der Waals surface area (Å²) in [6.07, 6.45) is -10.5. The van der Waals surface area contributed by atoms with Gasteiger partial charge in [0.15, 0.2) is 5.69 Å². The molecule has 1 amide bonds. The molecule has 0 aliphatic heterocycles. The van der Waals surface area contributed by atoms with Gasteiger partial charge in [-0.2, -0.15) is 31.6 Å². The Morgan fingerprint density at radius 2 is 1.88 bits per heavy atom. The topological polar surface area (TPSA) is 112 Å². The fourth-order valence-electron chi connectivity index (χ4n) is 1.63. The predicted molar refractivity (Wildman–Crippen MR) is 70.2 cm³/mol. The van der Waals surface area contributed by atoms with Crippen LogP contribution in [0.4, 0.5) is 32.0 Å². The van der Waals surface area contributed by atoms with E-state index in [0.29, 0.717) is 6.20 Å². The van der Waals surface area contributed by atoms with Crippen LogP contribution < -0.4 is 5.32 Å². The summed E-state index contributed by atoms with van der Waals surface area (Å²) in [7, 11) is 0. The van der Waals surface area contributed by atoms with Gasteiger partial charge in [-0.3, -0.25) is 4.79 Å². The van der Waals surface area contributed by atoms with Crippen LogP contribution in [-0.4, -0.2) is 40.4 Å². The molecule has 1 rings (SSSR count). The number of anilines is 1. The third-order valence-electron chi connectivity index (χ3n) is 2.87. The molecule has 0 spiro atoms. The van der Waals surface area contributed by atoms with Gasteiger partial charge in [0.25, 0.3) is 5.91 Å². The van der Waals surface area contributed by atoms with Crippen molar-refractivity contribution in [2.45, 2.75) is 24.9 Å². The third-order valence-corrected chi connectivity index (χ3v) is 2.87. The van der Waals surface area contributed by atoms with Crippen molar-refractivity contribution in [3.63, 3.8) is 0 Å². The van der Waals surface area contributed by atoms with Gasteiger partial charge in [-0.1, -0.05) is 0 Å². The summed E-state index contributed by atoms with van der Waals surface area (Å²) >= 11 is 0. The second-order valence-electron chi connectivity index (χ2n) is 4.61. The first-order chi connectivity index (χ1) is 11.8. The Labute approximate surface area is 141 Å². The van der Waals surface area contributed by atoms with Crippen LogP contribution in [0.5, 0.6) is 0 Å². The molecule has 26 heavy (non-hydrogen) atoms. The maximum Gasteiger partial charge on any atom is 0.437 e. The minimum Gasteiger partial charge on any atom is -0.463 e. The largest absolute Gasteiger partial charge is 0.463 e. The second-order valence-corrected chi connectivity index (χ2v) is 4.61. The highest BCUT2D eigenvalue weighted by Crippen LogP contribution is 2.35. The predicted octanol–water partition coefficient (Wildman–Crippen LogP) is 1.77. The van der Waals surface area contributed by atoms with Crippen molar-refractivity contribution in [3.05, 3.63) is 23.5 Å². The summed E-state index contributed by atoms with van der Waals surface area (Å²) in [6.45, 7) is 0.494. The van der Waals surface area contributed by atoms with Crippen LogP contribution in [0.1, 0.15) is 18.2 Å². The van der Waals surface area contributed by atoms with Crippen LogP contribution in [0.2, 0.25) is 0 Å². The minimum atomic E-state index is -5.82. The molecule has 0 bridgehead atoms. The molecule has 1 aromatic heterocycles. The molecule has 0 radical (unpaired) electrons. The van der Waals surface area contributed by atoms with Gasteiger partial charge in [-0.25, -0.2) is 9.78 Å². The van der Waals surface area contributed by atoms with Crippen molar-refractivity contribution in [1.29, 1.82) is 5.26 Å². The summed E-state index contributed by atoms with van der Waals surface area (Å²) in [6, 6.07) is 1.26. The zero-order chi connectivity index (χ0) is 20.3. The first-order valence-corrected chi connectivity index (χ1v) is 6.54. The van der Waals surface area contributed by atoms with Gasteiger partial charge in [0, 0.05) is 0 Å². The fraction of sp³-hybridized carbons (Fsp3) is 0.385. The lowest BCUT2D eigenvalue weighted by atomic mass is 10.0. The number of nitrogens with one attached hydrogen (secondary N) is 1. The van der Waals surface area contributed by atoms with E-state index >= 15 is 0 Å². The summed E-state index contributed by atoms with van der Waals surface area (Å²) in [5.41, 5.74) is -8.32. The third kappa shape index (κ3) is 4.02. The monoisotopic (exact) mass is 385 g/mol. The maximum atomic E-state index is 13.0. The molecule has 2 N–H and O–H groups in total. The van der Waals surface area contributed by atoms with E-state index in [1.807, 2.05) is 0 Å².